The lowest BCUT2D eigenvalue weighted by atomic mass is 10.1. The molecule has 0 aliphatic carbocycles. The van der Waals surface area contributed by atoms with Gasteiger partial charge in [-0.05, 0) is 37.8 Å². The van der Waals surface area contributed by atoms with Crippen LogP contribution in [0.1, 0.15) is 32.8 Å². The molecule has 0 radical (unpaired) electrons. The number of nitrogens with one attached hydrogen (secondary N) is 2. The monoisotopic (exact) mass is 248 g/mol. The summed E-state index contributed by atoms with van der Waals surface area (Å²) in [6.45, 7) is 9.98. The van der Waals surface area contributed by atoms with E-state index in [1.807, 2.05) is 0 Å². The molecular formula is C16H28N2. The molecule has 1 unspecified atom stereocenters. The minimum absolute atomic E-state index is 0.626. The molecule has 0 aliphatic heterocycles. The fraction of sp³-hybridized carbons (Fsp3) is 0.625. The van der Waals surface area contributed by atoms with Crippen LogP contribution < -0.4 is 10.6 Å². The molecule has 102 valence electrons. The Morgan fingerprint density at radius 3 is 2.33 bits per heavy atom. The zero-order chi connectivity index (χ0) is 13.2. The van der Waals surface area contributed by atoms with Crippen molar-refractivity contribution in [3.8, 4) is 0 Å². The van der Waals surface area contributed by atoms with E-state index in [0.717, 1.165) is 32.0 Å². The van der Waals surface area contributed by atoms with Gasteiger partial charge in [0.05, 0.1) is 0 Å². The van der Waals surface area contributed by atoms with Crippen LogP contribution >= 0.6 is 0 Å². The summed E-state index contributed by atoms with van der Waals surface area (Å²) < 4.78 is 0. The Morgan fingerprint density at radius 2 is 1.67 bits per heavy atom. The average Bonchev–Trinajstić information content (AvgIpc) is 2.34. The number of hydrogen-bond acceptors (Lipinski definition) is 2. The van der Waals surface area contributed by atoms with Crippen LogP contribution in [-0.2, 0) is 6.42 Å². The molecule has 0 saturated carbocycles. The quantitative estimate of drug-likeness (QED) is 0.657. The Kier molecular flexibility index (Phi) is 7.70. The van der Waals surface area contributed by atoms with Gasteiger partial charge in [-0.25, -0.2) is 0 Å². The molecule has 0 heterocycles. The molecular weight excluding hydrogens is 220 g/mol. The van der Waals surface area contributed by atoms with E-state index in [0.29, 0.717) is 6.04 Å². The number of hydrogen-bond donors (Lipinski definition) is 2. The Balaban J connectivity index is 1.96. The van der Waals surface area contributed by atoms with Crippen molar-refractivity contribution in [3.05, 3.63) is 35.9 Å². The van der Waals surface area contributed by atoms with Crippen LogP contribution in [0.3, 0.4) is 0 Å². The van der Waals surface area contributed by atoms with E-state index in [1.165, 1.54) is 12.0 Å². The second-order valence-electron chi connectivity index (χ2n) is 5.47. The third-order valence-corrected chi connectivity index (χ3v) is 3.05. The van der Waals surface area contributed by atoms with Gasteiger partial charge in [0, 0.05) is 19.1 Å². The Labute approximate surface area is 112 Å². The molecule has 18 heavy (non-hydrogen) atoms. The largest absolute Gasteiger partial charge is 0.315 e. The molecule has 1 atom stereocenters. The molecule has 2 N–H and O–H groups in total. The van der Waals surface area contributed by atoms with Crippen molar-refractivity contribution in [2.24, 2.45) is 5.92 Å². The summed E-state index contributed by atoms with van der Waals surface area (Å²) in [5, 5.41) is 7.03. The van der Waals surface area contributed by atoms with Gasteiger partial charge in [-0.2, -0.15) is 0 Å². The topological polar surface area (TPSA) is 24.1 Å². The number of benzene rings is 1. The number of rotatable bonds is 9. The van der Waals surface area contributed by atoms with Crippen molar-refractivity contribution in [2.75, 3.05) is 19.6 Å². The third-order valence-electron chi connectivity index (χ3n) is 3.05. The average molecular weight is 248 g/mol. The zero-order valence-corrected chi connectivity index (χ0v) is 12.1. The van der Waals surface area contributed by atoms with Crippen LogP contribution in [0.4, 0.5) is 0 Å². The smallest absolute Gasteiger partial charge is 0.00792 e. The van der Waals surface area contributed by atoms with Crippen molar-refractivity contribution in [1.29, 1.82) is 0 Å². The summed E-state index contributed by atoms with van der Waals surface area (Å²) in [6, 6.07) is 11.3. The summed E-state index contributed by atoms with van der Waals surface area (Å²) >= 11 is 0. The lowest BCUT2D eigenvalue weighted by Crippen LogP contribution is -2.34. The highest BCUT2D eigenvalue weighted by atomic mass is 15.0. The molecule has 0 saturated heterocycles. The molecule has 0 aliphatic rings. The lowest BCUT2D eigenvalue weighted by molar-refractivity contribution is 0.439. The minimum Gasteiger partial charge on any atom is -0.315 e. The van der Waals surface area contributed by atoms with Gasteiger partial charge in [-0.15, -0.1) is 0 Å². The molecule has 0 bridgehead atoms. The predicted molar refractivity (Wildman–Crippen MR) is 79.9 cm³/mol. The molecule has 0 fully saturated rings. The van der Waals surface area contributed by atoms with Gasteiger partial charge in [0.25, 0.3) is 0 Å². The van der Waals surface area contributed by atoms with Crippen LogP contribution in [-0.4, -0.2) is 25.7 Å². The fourth-order valence-corrected chi connectivity index (χ4v) is 2.20. The van der Waals surface area contributed by atoms with Crippen molar-refractivity contribution in [3.63, 3.8) is 0 Å². The maximum absolute atomic E-state index is 3.55. The van der Waals surface area contributed by atoms with Crippen LogP contribution in [0.15, 0.2) is 30.3 Å². The van der Waals surface area contributed by atoms with Crippen LogP contribution in [0.2, 0.25) is 0 Å². The summed E-state index contributed by atoms with van der Waals surface area (Å²) in [4.78, 5) is 0. The van der Waals surface area contributed by atoms with E-state index in [2.05, 4.69) is 61.7 Å². The molecule has 1 aromatic rings. The summed E-state index contributed by atoms with van der Waals surface area (Å²) in [5.74, 6) is 0.776. The van der Waals surface area contributed by atoms with Crippen molar-refractivity contribution in [1.82, 2.24) is 10.6 Å². The maximum Gasteiger partial charge on any atom is 0.00792 e. The van der Waals surface area contributed by atoms with Gasteiger partial charge in [0.1, 0.15) is 0 Å². The molecule has 2 heteroatoms. The lowest BCUT2D eigenvalue weighted by Gasteiger charge is -2.16. The second-order valence-corrected chi connectivity index (χ2v) is 5.47. The second kappa shape index (κ2) is 9.12. The van der Waals surface area contributed by atoms with E-state index in [-0.39, 0.29) is 0 Å². The van der Waals surface area contributed by atoms with Gasteiger partial charge in [-0.3, -0.25) is 0 Å². The Hall–Kier alpha value is -0.860. The molecule has 0 aromatic heterocycles. The molecule has 0 amide bonds. The summed E-state index contributed by atoms with van der Waals surface area (Å²) in [6.07, 6.45) is 2.37. The van der Waals surface area contributed by atoms with Gasteiger partial charge >= 0.3 is 0 Å². The van der Waals surface area contributed by atoms with Gasteiger partial charge in [0.2, 0.25) is 0 Å². The highest BCUT2D eigenvalue weighted by Gasteiger charge is 2.02. The standard InChI is InChI=1S/C16H28N2/c1-14(2)13-15(3)18-12-11-17-10-9-16-7-5-4-6-8-16/h4-8,14-15,17-18H,9-13H2,1-3H3. The first-order valence-corrected chi connectivity index (χ1v) is 7.16. The van der Waals surface area contributed by atoms with Crippen molar-refractivity contribution in [2.45, 2.75) is 39.7 Å². The van der Waals surface area contributed by atoms with Gasteiger partial charge in [0.15, 0.2) is 0 Å². The van der Waals surface area contributed by atoms with E-state index in [1.54, 1.807) is 0 Å². The van der Waals surface area contributed by atoms with Gasteiger partial charge < -0.3 is 10.6 Å². The Bertz CT molecular complexity index is 295. The molecule has 1 rings (SSSR count). The fourth-order valence-electron chi connectivity index (χ4n) is 2.20. The van der Waals surface area contributed by atoms with Crippen LogP contribution in [0.25, 0.3) is 0 Å². The van der Waals surface area contributed by atoms with E-state index >= 15 is 0 Å². The SMILES string of the molecule is CC(C)CC(C)NCCNCCc1ccccc1. The van der Waals surface area contributed by atoms with Gasteiger partial charge in [-0.1, -0.05) is 44.2 Å². The van der Waals surface area contributed by atoms with Crippen molar-refractivity contribution >= 4 is 0 Å². The van der Waals surface area contributed by atoms with E-state index in [9.17, 15) is 0 Å². The van der Waals surface area contributed by atoms with Crippen molar-refractivity contribution < 1.29 is 0 Å². The third kappa shape index (κ3) is 7.46. The first-order valence-electron chi connectivity index (χ1n) is 7.16. The maximum atomic E-state index is 3.55. The van der Waals surface area contributed by atoms with Crippen LogP contribution in [0, 0.1) is 5.92 Å². The normalized spacial score (nSPS) is 12.9. The molecule has 0 spiro atoms. The zero-order valence-electron chi connectivity index (χ0n) is 12.1. The van der Waals surface area contributed by atoms with E-state index in [4.69, 9.17) is 0 Å². The van der Waals surface area contributed by atoms with E-state index < -0.39 is 0 Å². The van der Waals surface area contributed by atoms with Crippen LogP contribution in [0.5, 0.6) is 0 Å². The first kappa shape index (κ1) is 15.2. The first-order chi connectivity index (χ1) is 8.68. The predicted octanol–water partition coefficient (Wildman–Crippen LogP) is 2.84. The summed E-state index contributed by atoms with van der Waals surface area (Å²) in [5.41, 5.74) is 1.41. The highest BCUT2D eigenvalue weighted by Crippen LogP contribution is 2.02. The summed E-state index contributed by atoms with van der Waals surface area (Å²) in [7, 11) is 0. The highest BCUT2D eigenvalue weighted by molar-refractivity contribution is 5.14. The Morgan fingerprint density at radius 1 is 0.944 bits per heavy atom. The minimum atomic E-state index is 0.626. The molecule has 2 nitrogen and oxygen atoms in total. The molecule has 1 aromatic carbocycles.